The molecule has 1 aliphatic carbocycles. The molecule has 0 unspecified atom stereocenters. The molecular weight excluding hydrogens is 410 g/mol. The van der Waals surface area contributed by atoms with E-state index >= 15 is 0 Å². The van der Waals surface area contributed by atoms with Crippen LogP contribution in [0.3, 0.4) is 0 Å². The lowest BCUT2D eigenvalue weighted by molar-refractivity contribution is -0.603. The quantitative estimate of drug-likeness (QED) is 0.501. The molecule has 0 aromatic carbocycles. The van der Waals surface area contributed by atoms with E-state index in [1.54, 1.807) is 17.0 Å². The molecule has 2 aromatic heterocycles. The van der Waals surface area contributed by atoms with Gasteiger partial charge in [0, 0.05) is 25.2 Å². The first-order chi connectivity index (χ1) is 15.5. The van der Waals surface area contributed by atoms with E-state index in [1.807, 2.05) is 6.92 Å². The number of carbonyl (C=O) groups is 2. The maximum Gasteiger partial charge on any atom is 0.323 e. The number of nitrogens with one attached hydrogen (secondary N) is 3. The van der Waals surface area contributed by atoms with Crippen molar-refractivity contribution in [3.05, 3.63) is 40.5 Å². The van der Waals surface area contributed by atoms with Crippen molar-refractivity contribution < 1.29 is 14.3 Å². The lowest BCUT2D eigenvalue weighted by Crippen LogP contribution is -2.49. The van der Waals surface area contributed by atoms with Crippen molar-refractivity contribution in [1.29, 1.82) is 0 Å². The van der Waals surface area contributed by atoms with Gasteiger partial charge in [-0.3, -0.25) is 10.1 Å². The van der Waals surface area contributed by atoms with E-state index < -0.39 is 5.54 Å². The summed E-state index contributed by atoms with van der Waals surface area (Å²) in [5.41, 5.74) is 1.12. The molecule has 4 heterocycles. The number of fused-ring (bicyclic) bond motifs is 2. The summed E-state index contributed by atoms with van der Waals surface area (Å²) in [5.74, 6) is 0.855. The highest BCUT2D eigenvalue weighted by atomic mass is 16.5. The molecule has 10 heteroatoms. The number of hydrogen-bond donors (Lipinski definition) is 3. The number of anilines is 3. The summed E-state index contributed by atoms with van der Waals surface area (Å²) >= 11 is 0. The molecule has 32 heavy (non-hydrogen) atoms. The summed E-state index contributed by atoms with van der Waals surface area (Å²) in [6, 6.07) is 3.07. The second-order valence-electron chi connectivity index (χ2n) is 8.87. The van der Waals surface area contributed by atoms with Gasteiger partial charge in [-0.25, -0.2) is 19.8 Å². The van der Waals surface area contributed by atoms with Crippen molar-refractivity contribution in [2.45, 2.75) is 57.4 Å². The predicted octanol–water partition coefficient (Wildman–Crippen LogP) is 2.69. The van der Waals surface area contributed by atoms with Gasteiger partial charge in [0.05, 0.1) is 5.56 Å². The summed E-state index contributed by atoms with van der Waals surface area (Å²) in [6.45, 7) is 3.31. The Kier molecular flexibility index (Phi) is 5.07. The molecule has 0 bridgehead atoms. The summed E-state index contributed by atoms with van der Waals surface area (Å²) < 4.78 is 0.830. The van der Waals surface area contributed by atoms with Crippen LogP contribution in [0.1, 0.15) is 66.6 Å². The number of aromatic nitrogens is 3. The van der Waals surface area contributed by atoms with Gasteiger partial charge in [0.1, 0.15) is 23.4 Å². The van der Waals surface area contributed by atoms with Gasteiger partial charge < -0.3 is 15.4 Å². The third kappa shape index (κ3) is 3.49. The van der Waals surface area contributed by atoms with E-state index in [2.05, 4.69) is 25.9 Å². The number of urea groups is 1. The molecule has 3 amide bonds. The van der Waals surface area contributed by atoms with E-state index in [-0.39, 0.29) is 11.9 Å². The average Bonchev–Trinajstić information content (AvgIpc) is 3.40. The Morgan fingerprint density at radius 2 is 1.84 bits per heavy atom. The summed E-state index contributed by atoms with van der Waals surface area (Å²) in [7, 11) is 0. The topological polar surface area (TPSA) is 126 Å². The van der Waals surface area contributed by atoms with Crippen LogP contribution in [-0.4, -0.2) is 39.9 Å². The first-order valence-electron chi connectivity index (χ1n) is 11.2. The van der Waals surface area contributed by atoms with Crippen LogP contribution in [0.15, 0.2) is 18.5 Å². The maximum absolute atomic E-state index is 13.4. The molecule has 1 spiro atoms. The van der Waals surface area contributed by atoms with Gasteiger partial charge in [-0.2, -0.15) is 4.98 Å². The lowest BCUT2D eigenvalue weighted by atomic mass is 9.79. The summed E-state index contributed by atoms with van der Waals surface area (Å²) in [6.07, 6.45) is 7.92. The van der Waals surface area contributed by atoms with Gasteiger partial charge in [0.15, 0.2) is 0 Å². The van der Waals surface area contributed by atoms with Crippen molar-refractivity contribution in [2.75, 3.05) is 23.7 Å². The van der Waals surface area contributed by atoms with E-state index in [9.17, 15) is 14.8 Å². The fourth-order valence-electron chi connectivity index (χ4n) is 5.14. The molecular formula is C22H27N7O3. The molecule has 168 valence electrons. The average molecular weight is 438 g/mol. The minimum Gasteiger partial charge on any atom is -0.710 e. The first kappa shape index (κ1) is 20.5. The van der Waals surface area contributed by atoms with E-state index in [1.165, 1.54) is 6.33 Å². The normalized spacial score (nSPS) is 19.0. The second kappa shape index (κ2) is 7.92. The van der Waals surface area contributed by atoms with Crippen LogP contribution in [0.2, 0.25) is 0 Å². The van der Waals surface area contributed by atoms with Gasteiger partial charge in [-0.1, -0.05) is 19.3 Å². The minimum atomic E-state index is -0.602. The Balaban J connectivity index is 1.43. The molecule has 3 N–H and O–H groups in total. The Hall–Kier alpha value is -3.43. The van der Waals surface area contributed by atoms with Crippen LogP contribution in [0.25, 0.3) is 0 Å². The third-order valence-corrected chi connectivity index (χ3v) is 6.70. The molecule has 1 saturated heterocycles. The SMILES string of the molecule is Cc1cc(Nc2cc(NC(=O)N3CCCC3)ncn2)[n+]([O-])c2c1C(=O)NC21CCCCC1. The first-order valence-corrected chi connectivity index (χ1v) is 11.2. The monoisotopic (exact) mass is 437 g/mol. The molecule has 2 aromatic rings. The second-order valence-corrected chi connectivity index (χ2v) is 8.87. The number of carbonyl (C=O) groups excluding carboxylic acids is 2. The van der Waals surface area contributed by atoms with Crippen LogP contribution < -0.4 is 20.7 Å². The van der Waals surface area contributed by atoms with Gasteiger partial charge in [0.25, 0.3) is 11.7 Å². The smallest absolute Gasteiger partial charge is 0.323 e. The Morgan fingerprint density at radius 1 is 1.12 bits per heavy atom. The van der Waals surface area contributed by atoms with Crippen molar-refractivity contribution in [3.8, 4) is 0 Å². The van der Waals surface area contributed by atoms with Gasteiger partial charge >= 0.3 is 6.03 Å². The maximum atomic E-state index is 13.4. The highest BCUT2D eigenvalue weighted by Gasteiger charge is 2.48. The molecule has 2 aliphatic heterocycles. The lowest BCUT2D eigenvalue weighted by Gasteiger charge is -2.34. The standard InChI is InChI=1S/C22H27N7O3/c1-14-11-17(29(32)19-18(14)20(30)27-22(19)7-3-2-4-8-22)25-15-12-16(24-13-23-15)26-21(31)28-9-5-6-10-28/h11-13H,2-10H2,1H3,(H,27,30)(H2,23,24,25,26,31). The van der Waals surface area contributed by atoms with E-state index in [0.29, 0.717) is 28.7 Å². The minimum absolute atomic E-state index is 0.176. The predicted molar refractivity (Wildman–Crippen MR) is 118 cm³/mol. The number of pyridine rings is 1. The van der Waals surface area contributed by atoms with Crippen LogP contribution in [0, 0.1) is 12.1 Å². The molecule has 5 rings (SSSR count). The van der Waals surface area contributed by atoms with Crippen molar-refractivity contribution in [2.24, 2.45) is 0 Å². The number of nitrogens with zero attached hydrogens (tertiary/aromatic N) is 4. The van der Waals surface area contributed by atoms with Crippen LogP contribution in [0.5, 0.6) is 0 Å². The van der Waals surface area contributed by atoms with E-state index in [0.717, 1.165) is 68.3 Å². The number of likely N-dealkylation sites (tertiary alicyclic amines) is 1. The van der Waals surface area contributed by atoms with Crippen molar-refractivity contribution >= 4 is 29.4 Å². The zero-order chi connectivity index (χ0) is 22.3. The molecule has 2 fully saturated rings. The largest absolute Gasteiger partial charge is 0.710 e. The summed E-state index contributed by atoms with van der Waals surface area (Å²) in [4.78, 5) is 35.1. The van der Waals surface area contributed by atoms with Crippen LogP contribution in [0.4, 0.5) is 22.2 Å². The van der Waals surface area contributed by atoms with E-state index in [4.69, 9.17) is 0 Å². The van der Waals surface area contributed by atoms with Crippen LogP contribution in [-0.2, 0) is 5.54 Å². The number of rotatable bonds is 3. The zero-order valence-electron chi connectivity index (χ0n) is 18.1. The molecule has 3 aliphatic rings. The summed E-state index contributed by atoms with van der Waals surface area (Å²) in [5, 5.41) is 22.4. The van der Waals surface area contributed by atoms with Crippen LogP contribution >= 0.6 is 0 Å². The molecule has 0 radical (unpaired) electrons. The molecule has 0 atom stereocenters. The van der Waals surface area contributed by atoms with Gasteiger partial charge in [0.2, 0.25) is 5.82 Å². The molecule has 1 saturated carbocycles. The highest BCUT2D eigenvalue weighted by Crippen LogP contribution is 2.42. The third-order valence-electron chi connectivity index (χ3n) is 6.70. The highest BCUT2D eigenvalue weighted by molar-refractivity contribution is 6.00. The number of amides is 3. The Bertz CT molecular complexity index is 1080. The fraction of sp³-hybridized carbons (Fsp3) is 0.500. The molecule has 10 nitrogen and oxygen atoms in total. The van der Waals surface area contributed by atoms with Crippen molar-refractivity contribution in [1.82, 2.24) is 20.2 Å². The van der Waals surface area contributed by atoms with Crippen molar-refractivity contribution in [3.63, 3.8) is 0 Å². The van der Waals surface area contributed by atoms with Gasteiger partial charge in [-0.15, -0.1) is 0 Å². The van der Waals surface area contributed by atoms with Gasteiger partial charge in [-0.05, 0) is 38.2 Å². The Labute approximate surface area is 186 Å². The fourth-order valence-corrected chi connectivity index (χ4v) is 5.14. The number of aryl methyl sites for hydroxylation is 1. The Morgan fingerprint density at radius 3 is 2.59 bits per heavy atom. The number of hydrogen-bond acceptors (Lipinski definition) is 6. The zero-order valence-corrected chi connectivity index (χ0v) is 18.1.